The van der Waals surface area contributed by atoms with Crippen molar-refractivity contribution in [2.75, 3.05) is 6.61 Å². The third-order valence-electron chi connectivity index (χ3n) is 1.15. The van der Waals surface area contributed by atoms with E-state index < -0.39 is 5.97 Å². The molecule has 0 aliphatic heterocycles. The van der Waals surface area contributed by atoms with Crippen molar-refractivity contribution >= 4 is 5.97 Å². The van der Waals surface area contributed by atoms with Gasteiger partial charge in [0.2, 0.25) is 0 Å². The molecule has 0 unspecified atom stereocenters. The molecule has 0 radical (unpaired) electrons. The first-order valence-electron chi connectivity index (χ1n) is 3.55. The molecule has 0 saturated heterocycles. The molecule has 11 heavy (non-hydrogen) atoms. The highest BCUT2D eigenvalue weighted by Gasteiger charge is 2.03. The molecule has 0 bridgehead atoms. The molecule has 0 spiro atoms. The van der Waals surface area contributed by atoms with Gasteiger partial charge in [0.15, 0.2) is 0 Å². The van der Waals surface area contributed by atoms with E-state index in [0.717, 1.165) is 12.8 Å². The van der Waals surface area contributed by atoms with Crippen LogP contribution in [0.25, 0.3) is 0 Å². The molecule has 0 saturated carbocycles. The molecule has 0 aliphatic rings. The fourth-order valence-electron chi connectivity index (χ4n) is 0.455. The van der Waals surface area contributed by atoms with Crippen LogP contribution in [0.2, 0.25) is 0 Å². The van der Waals surface area contributed by atoms with Crippen molar-refractivity contribution in [2.45, 2.75) is 19.8 Å². The summed E-state index contributed by atoms with van der Waals surface area (Å²) in [4.78, 5) is 10.8. The number of hydrogen-bond acceptors (Lipinski definition) is 2. The Morgan fingerprint density at radius 3 is 2.82 bits per heavy atom. The minimum atomic E-state index is -0.485. The predicted molar refractivity (Wildman–Crippen MR) is 43.8 cm³/mol. The van der Waals surface area contributed by atoms with E-state index in [1.165, 1.54) is 0 Å². The maximum Gasteiger partial charge on any atom is 0.346 e. The van der Waals surface area contributed by atoms with Crippen LogP contribution >= 0.6 is 0 Å². The number of unbranched alkanes of at least 4 members (excludes halogenated alkanes) is 1. The van der Waals surface area contributed by atoms with Gasteiger partial charge in [0.05, 0.1) is 6.61 Å². The monoisotopic (exact) mass is 152 g/mol. The molecule has 2 nitrogen and oxygen atoms in total. The second-order valence-electron chi connectivity index (χ2n) is 2.11. The molecule has 0 heterocycles. The zero-order chi connectivity index (χ0) is 8.69. The van der Waals surface area contributed by atoms with E-state index in [9.17, 15) is 4.79 Å². The molecule has 0 fully saturated rings. The third-order valence-corrected chi connectivity index (χ3v) is 1.15. The van der Waals surface area contributed by atoms with Gasteiger partial charge in [-0.25, -0.2) is 4.79 Å². The Balaban J connectivity index is 3.55. The van der Waals surface area contributed by atoms with E-state index >= 15 is 0 Å². The fourth-order valence-corrected chi connectivity index (χ4v) is 0.455. The summed E-state index contributed by atoms with van der Waals surface area (Å²) in [6.45, 7) is 5.79. The summed E-state index contributed by atoms with van der Waals surface area (Å²) in [5, 5.41) is 0. The van der Waals surface area contributed by atoms with Crippen molar-refractivity contribution in [3.8, 4) is 12.3 Å². The average Bonchev–Trinajstić information content (AvgIpc) is 2.03. The number of rotatable bonds is 4. The Morgan fingerprint density at radius 1 is 1.73 bits per heavy atom. The van der Waals surface area contributed by atoms with Crippen molar-refractivity contribution in [1.29, 1.82) is 0 Å². The highest BCUT2D eigenvalue weighted by atomic mass is 16.5. The summed E-state index contributed by atoms with van der Waals surface area (Å²) in [5.74, 6) is 1.64. The Hall–Kier alpha value is -1.23. The van der Waals surface area contributed by atoms with Crippen LogP contribution in [0.15, 0.2) is 12.2 Å². The molecule has 0 aromatic heterocycles. The topological polar surface area (TPSA) is 26.3 Å². The van der Waals surface area contributed by atoms with Crippen LogP contribution in [0.1, 0.15) is 19.8 Å². The maximum atomic E-state index is 10.8. The maximum absolute atomic E-state index is 10.8. The van der Waals surface area contributed by atoms with Crippen LogP contribution in [-0.2, 0) is 9.53 Å². The number of esters is 1. The molecule has 0 aromatic carbocycles. The Kier molecular flexibility index (Phi) is 4.93. The smallest absolute Gasteiger partial charge is 0.346 e. The van der Waals surface area contributed by atoms with Crippen LogP contribution in [0, 0.1) is 12.3 Å². The fraction of sp³-hybridized carbons (Fsp3) is 0.444. The molecular weight excluding hydrogens is 140 g/mol. The standard InChI is InChI=1S/C9H12O2/c1-4-6-7-11-9(10)8(3)5-2/h2H,3-4,6-7H2,1H3. The number of carbonyl (C=O) groups is 1. The lowest BCUT2D eigenvalue weighted by Gasteiger charge is -2.00. The van der Waals surface area contributed by atoms with E-state index in [1.54, 1.807) is 0 Å². The summed E-state index contributed by atoms with van der Waals surface area (Å²) in [6.07, 6.45) is 6.79. The molecule has 0 amide bonds. The first-order chi connectivity index (χ1) is 5.22. The van der Waals surface area contributed by atoms with E-state index in [1.807, 2.05) is 6.92 Å². The number of terminal acetylenes is 1. The summed E-state index contributed by atoms with van der Waals surface area (Å²) in [5.41, 5.74) is 0.0844. The number of ether oxygens (including phenoxy) is 1. The molecule has 2 heteroatoms. The van der Waals surface area contributed by atoms with Crippen molar-refractivity contribution in [1.82, 2.24) is 0 Å². The molecule has 0 aromatic rings. The minimum Gasteiger partial charge on any atom is -0.462 e. The highest BCUT2D eigenvalue weighted by Crippen LogP contribution is 1.94. The van der Waals surface area contributed by atoms with Gasteiger partial charge in [-0.3, -0.25) is 0 Å². The van der Waals surface area contributed by atoms with Crippen LogP contribution in [-0.4, -0.2) is 12.6 Å². The van der Waals surface area contributed by atoms with Gasteiger partial charge in [0.25, 0.3) is 0 Å². The van der Waals surface area contributed by atoms with Gasteiger partial charge in [-0.2, -0.15) is 0 Å². The molecule has 0 atom stereocenters. The second-order valence-corrected chi connectivity index (χ2v) is 2.11. The SMILES string of the molecule is C#CC(=C)C(=O)OCCCC. The molecule has 0 aliphatic carbocycles. The predicted octanol–water partition coefficient (Wildman–Crippen LogP) is 1.52. The molecule has 60 valence electrons. The van der Waals surface area contributed by atoms with Gasteiger partial charge in [-0.1, -0.05) is 25.8 Å². The lowest BCUT2D eigenvalue weighted by Crippen LogP contribution is -2.06. The second kappa shape index (κ2) is 5.55. The summed E-state index contributed by atoms with van der Waals surface area (Å²) in [6, 6.07) is 0. The lowest BCUT2D eigenvalue weighted by atomic mass is 10.3. The zero-order valence-electron chi connectivity index (χ0n) is 6.72. The molecular formula is C9H12O2. The molecule has 0 rings (SSSR count). The Morgan fingerprint density at radius 2 is 2.36 bits per heavy atom. The first-order valence-corrected chi connectivity index (χ1v) is 3.55. The number of hydrogen-bond donors (Lipinski definition) is 0. The summed E-state index contributed by atoms with van der Waals surface area (Å²) >= 11 is 0. The van der Waals surface area contributed by atoms with Crippen LogP contribution in [0.5, 0.6) is 0 Å². The highest BCUT2D eigenvalue weighted by molar-refractivity contribution is 5.92. The van der Waals surface area contributed by atoms with Gasteiger partial charge < -0.3 is 4.74 Å². The average molecular weight is 152 g/mol. The third kappa shape index (κ3) is 4.21. The number of carbonyl (C=O) groups excluding carboxylic acids is 1. The van der Waals surface area contributed by atoms with E-state index in [2.05, 4.69) is 12.5 Å². The normalized spacial score (nSPS) is 8.36. The quantitative estimate of drug-likeness (QED) is 0.264. The minimum absolute atomic E-state index is 0.0844. The van der Waals surface area contributed by atoms with Gasteiger partial charge in [-0.15, -0.1) is 6.42 Å². The van der Waals surface area contributed by atoms with Crippen LogP contribution in [0.4, 0.5) is 0 Å². The Labute approximate surface area is 67.2 Å². The van der Waals surface area contributed by atoms with Crippen LogP contribution in [0.3, 0.4) is 0 Å². The van der Waals surface area contributed by atoms with Crippen molar-refractivity contribution in [3.63, 3.8) is 0 Å². The van der Waals surface area contributed by atoms with E-state index in [0.29, 0.717) is 6.61 Å². The van der Waals surface area contributed by atoms with Gasteiger partial charge in [-0.05, 0) is 6.42 Å². The largest absolute Gasteiger partial charge is 0.462 e. The summed E-state index contributed by atoms with van der Waals surface area (Å²) in [7, 11) is 0. The van der Waals surface area contributed by atoms with Crippen LogP contribution < -0.4 is 0 Å². The van der Waals surface area contributed by atoms with E-state index in [-0.39, 0.29) is 5.57 Å². The first kappa shape index (κ1) is 9.77. The van der Waals surface area contributed by atoms with Gasteiger partial charge in [0, 0.05) is 0 Å². The zero-order valence-corrected chi connectivity index (χ0v) is 6.72. The van der Waals surface area contributed by atoms with Crippen molar-refractivity contribution in [2.24, 2.45) is 0 Å². The summed E-state index contributed by atoms with van der Waals surface area (Å²) < 4.78 is 4.75. The molecule has 0 N–H and O–H groups in total. The van der Waals surface area contributed by atoms with Gasteiger partial charge >= 0.3 is 5.97 Å². The van der Waals surface area contributed by atoms with E-state index in [4.69, 9.17) is 11.2 Å². The van der Waals surface area contributed by atoms with Crippen molar-refractivity contribution < 1.29 is 9.53 Å². The Bertz CT molecular complexity index is 186. The van der Waals surface area contributed by atoms with Crippen molar-refractivity contribution in [3.05, 3.63) is 12.2 Å². The van der Waals surface area contributed by atoms with Gasteiger partial charge in [0.1, 0.15) is 5.57 Å². The lowest BCUT2D eigenvalue weighted by molar-refractivity contribution is -0.138.